The van der Waals surface area contributed by atoms with Crippen molar-refractivity contribution in [3.8, 4) is 17.6 Å². The fourth-order valence-electron chi connectivity index (χ4n) is 3.28. The molecule has 2 amide bonds. The molecule has 0 fully saturated rings. The van der Waals surface area contributed by atoms with Crippen LogP contribution in [0.2, 0.25) is 0 Å². The predicted molar refractivity (Wildman–Crippen MR) is 135 cm³/mol. The SMILES string of the molecule is COc1cc(/C=C(\C#N)C(=O)NCc2ccccc2)ccc1OCC(=O)Nc1cc(C)ccc1C. The summed E-state index contributed by atoms with van der Waals surface area (Å²) in [5.41, 5.74) is 4.22. The molecule has 0 aromatic heterocycles. The lowest BCUT2D eigenvalue weighted by atomic mass is 10.1. The van der Waals surface area contributed by atoms with E-state index >= 15 is 0 Å². The monoisotopic (exact) mass is 469 g/mol. The van der Waals surface area contributed by atoms with Gasteiger partial charge in [0, 0.05) is 12.2 Å². The van der Waals surface area contributed by atoms with E-state index in [1.54, 1.807) is 18.2 Å². The summed E-state index contributed by atoms with van der Waals surface area (Å²) in [4.78, 5) is 24.8. The van der Waals surface area contributed by atoms with Crippen LogP contribution in [-0.2, 0) is 16.1 Å². The fourth-order valence-corrected chi connectivity index (χ4v) is 3.28. The second-order valence-electron chi connectivity index (χ2n) is 7.90. The van der Waals surface area contributed by atoms with Crippen LogP contribution in [0, 0.1) is 25.2 Å². The number of methoxy groups -OCH3 is 1. The summed E-state index contributed by atoms with van der Waals surface area (Å²) >= 11 is 0. The minimum atomic E-state index is -0.473. The molecule has 7 nitrogen and oxygen atoms in total. The molecule has 0 bridgehead atoms. The zero-order valence-electron chi connectivity index (χ0n) is 19.9. The molecule has 0 unspecified atom stereocenters. The van der Waals surface area contributed by atoms with Gasteiger partial charge in [-0.05, 0) is 60.4 Å². The van der Waals surface area contributed by atoms with Gasteiger partial charge in [0.25, 0.3) is 11.8 Å². The number of nitrogens with one attached hydrogen (secondary N) is 2. The smallest absolute Gasteiger partial charge is 0.262 e. The molecular formula is C28H27N3O4. The minimum absolute atomic E-state index is 0.0374. The molecule has 0 aliphatic heterocycles. The molecule has 35 heavy (non-hydrogen) atoms. The molecule has 0 heterocycles. The van der Waals surface area contributed by atoms with Gasteiger partial charge in [-0.3, -0.25) is 9.59 Å². The first-order valence-electron chi connectivity index (χ1n) is 11.0. The third-order valence-electron chi connectivity index (χ3n) is 5.19. The summed E-state index contributed by atoms with van der Waals surface area (Å²) in [6, 6.07) is 22.1. The number of carbonyl (C=O) groups is 2. The van der Waals surface area contributed by atoms with Gasteiger partial charge in [0.05, 0.1) is 7.11 Å². The highest BCUT2D eigenvalue weighted by atomic mass is 16.5. The molecular weight excluding hydrogens is 442 g/mol. The summed E-state index contributed by atoms with van der Waals surface area (Å²) in [5.74, 6) is -0.0293. The molecule has 3 aromatic rings. The Balaban J connectivity index is 1.64. The second-order valence-corrected chi connectivity index (χ2v) is 7.90. The number of ether oxygens (including phenoxy) is 2. The van der Waals surface area contributed by atoms with Crippen molar-refractivity contribution >= 4 is 23.6 Å². The summed E-state index contributed by atoms with van der Waals surface area (Å²) < 4.78 is 11.0. The van der Waals surface area contributed by atoms with Crippen molar-refractivity contribution in [2.75, 3.05) is 19.0 Å². The molecule has 2 N–H and O–H groups in total. The Hall–Kier alpha value is -4.57. The number of nitriles is 1. The highest BCUT2D eigenvalue weighted by Crippen LogP contribution is 2.29. The highest BCUT2D eigenvalue weighted by molar-refractivity contribution is 6.01. The Kier molecular flexibility index (Phi) is 8.63. The Morgan fingerprint density at radius 2 is 1.77 bits per heavy atom. The van der Waals surface area contributed by atoms with Crippen LogP contribution in [0.5, 0.6) is 11.5 Å². The van der Waals surface area contributed by atoms with Crippen molar-refractivity contribution in [3.05, 3.63) is 94.6 Å². The maximum atomic E-state index is 12.4. The quantitative estimate of drug-likeness (QED) is 0.354. The van der Waals surface area contributed by atoms with Gasteiger partial charge in [0.2, 0.25) is 0 Å². The highest BCUT2D eigenvalue weighted by Gasteiger charge is 2.12. The van der Waals surface area contributed by atoms with Crippen molar-refractivity contribution in [1.29, 1.82) is 5.26 Å². The molecule has 0 spiro atoms. The van der Waals surface area contributed by atoms with E-state index in [-0.39, 0.29) is 18.1 Å². The van der Waals surface area contributed by atoms with E-state index in [1.807, 2.05) is 68.4 Å². The molecule has 0 aliphatic carbocycles. The standard InChI is InChI=1S/C28H27N3O4/c1-19-9-10-20(2)24(13-19)31-27(32)18-35-25-12-11-22(15-26(25)34-3)14-23(16-29)28(33)30-17-21-7-5-4-6-8-21/h4-15H,17-18H2,1-3H3,(H,30,33)(H,31,32)/b23-14+. The number of anilines is 1. The van der Waals surface area contributed by atoms with E-state index in [1.165, 1.54) is 13.2 Å². The lowest BCUT2D eigenvalue weighted by molar-refractivity contribution is -0.118. The first-order valence-corrected chi connectivity index (χ1v) is 11.0. The van der Waals surface area contributed by atoms with Gasteiger partial charge in [-0.15, -0.1) is 0 Å². The summed E-state index contributed by atoms with van der Waals surface area (Å²) in [6.45, 7) is 3.99. The van der Waals surface area contributed by atoms with Crippen molar-refractivity contribution < 1.29 is 19.1 Å². The normalized spacial score (nSPS) is 10.7. The van der Waals surface area contributed by atoms with Gasteiger partial charge < -0.3 is 20.1 Å². The number of nitrogens with zero attached hydrogens (tertiary/aromatic N) is 1. The number of amides is 2. The van der Waals surface area contributed by atoms with Crippen LogP contribution >= 0.6 is 0 Å². The largest absolute Gasteiger partial charge is 0.493 e. The average Bonchev–Trinajstić information content (AvgIpc) is 2.87. The lowest BCUT2D eigenvalue weighted by Crippen LogP contribution is -2.23. The Labute approximate surface area is 205 Å². The Morgan fingerprint density at radius 3 is 2.49 bits per heavy atom. The van der Waals surface area contributed by atoms with Crippen LogP contribution in [0.25, 0.3) is 6.08 Å². The summed E-state index contributed by atoms with van der Waals surface area (Å²) in [5, 5.41) is 15.0. The summed E-state index contributed by atoms with van der Waals surface area (Å²) in [7, 11) is 1.48. The average molecular weight is 470 g/mol. The van der Waals surface area contributed by atoms with Gasteiger partial charge >= 0.3 is 0 Å². The Bertz CT molecular complexity index is 1280. The number of aryl methyl sites for hydroxylation is 2. The molecule has 178 valence electrons. The van der Waals surface area contributed by atoms with Crippen LogP contribution in [-0.4, -0.2) is 25.5 Å². The van der Waals surface area contributed by atoms with E-state index < -0.39 is 5.91 Å². The van der Waals surface area contributed by atoms with E-state index in [9.17, 15) is 14.9 Å². The first kappa shape index (κ1) is 25.1. The van der Waals surface area contributed by atoms with Crippen LogP contribution in [0.15, 0.2) is 72.3 Å². The van der Waals surface area contributed by atoms with E-state index in [4.69, 9.17) is 9.47 Å². The van der Waals surface area contributed by atoms with Crippen molar-refractivity contribution in [1.82, 2.24) is 5.32 Å². The third kappa shape index (κ3) is 7.21. The fraction of sp³-hybridized carbons (Fsp3) is 0.179. The zero-order valence-corrected chi connectivity index (χ0v) is 19.9. The van der Waals surface area contributed by atoms with Crippen LogP contribution < -0.4 is 20.1 Å². The van der Waals surface area contributed by atoms with E-state index in [0.29, 0.717) is 23.6 Å². The van der Waals surface area contributed by atoms with Gasteiger partial charge in [-0.2, -0.15) is 5.26 Å². The van der Waals surface area contributed by atoms with Gasteiger partial charge in [0.1, 0.15) is 11.6 Å². The maximum Gasteiger partial charge on any atom is 0.262 e. The minimum Gasteiger partial charge on any atom is -0.493 e. The van der Waals surface area contributed by atoms with Crippen molar-refractivity contribution in [3.63, 3.8) is 0 Å². The van der Waals surface area contributed by atoms with Crippen LogP contribution in [0.3, 0.4) is 0 Å². The first-order chi connectivity index (χ1) is 16.9. The predicted octanol–water partition coefficient (Wildman–Crippen LogP) is 4.55. The molecule has 0 aliphatic rings. The van der Waals surface area contributed by atoms with Gasteiger partial charge in [0.15, 0.2) is 18.1 Å². The molecule has 3 aromatic carbocycles. The third-order valence-corrected chi connectivity index (χ3v) is 5.19. The lowest BCUT2D eigenvalue weighted by Gasteiger charge is -2.13. The molecule has 3 rings (SSSR count). The van der Waals surface area contributed by atoms with Crippen LogP contribution in [0.1, 0.15) is 22.3 Å². The molecule has 0 saturated heterocycles. The Morgan fingerprint density at radius 1 is 1.00 bits per heavy atom. The zero-order chi connectivity index (χ0) is 25.2. The molecule has 0 saturated carbocycles. The number of hydrogen-bond donors (Lipinski definition) is 2. The van der Waals surface area contributed by atoms with Crippen molar-refractivity contribution in [2.45, 2.75) is 20.4 Å². The number of carbonyl (C=O) groups excluding carboxylic acids is 2. The van der Waals surface area contributed by atoms with Gasteiger partial charge in [-0.25, -0.2) is 0 Å². The van der Waals surface area contributed by atoms with E-state index in [0.717, 1.165) is 22.4 Å². The van der Waals surface area contributed by atoms with Gasteiger partial charge in [-0.1, -0.05) is 48.5 Å². The molecule has 0 atom stereocenters. The van der Waals surface area contributed by atoms with E-state index in [2.05, 4.69) is 10.6 Å². The van der Waals surface area contributed by atoms with Crippen molar-refractivity contribution in [2.24, 2.45) is 0 Å². The summed E-state index contributed by atoms with van der Waals surface area (Å²) in [6.07, 6.45) is 1.47. The second kappa shape index (κ2) is 12.1. The number of rotatable bonds is 9. The number of hydrogen-bond acceptors (Lipinski definition) is 5. The number of benzene rings is 3. The topological polar surface area (TPSA) is 100 Å². The molecule has 0 radical (unpaired) electrons. The molecule has 7 heteroatoms. The maximum absolute atomic E-state index is 12.4. The van der Waals surface area contributed by atoms with Crippen LogP contribution in [0.4, 0.5) is 5.69 Å².